The predicted molar refractivity (Wildman–Crippen MR) is 185 cm³/mol. The summed E-state index contributed by atoms with van der Waals surface area (Å²) in [6.07, 6.45) is -5.87. The minimum Gasteiger partial charge on any atom is -0.459 e. The lowest BCUT2D eigenvalue weighted by atomic mass is 9.73. The van der Waals surface area contributed by atoms with Crippen LogP contribution in [-0.2, 0) is 35.2 Å². The Hall–Kier alpha value is -2.16. The van der Waals surface area contributed by atoms with Crippen molar-refractivity contribution in [3.05, 3.63) is 35.9 Å². The van der Waals surface area contributed by atoms with Crippen LogP contribution in [0.1, 0.15) is 80.2 Å². The van der Waals surface area contributed by atoms with E-state index in [1.807, 2.05) is 70.1 Å². The Kier molecular flexibility index (Phi) is 14.6. The van der Waals surface area contributed by atoms with Gasteiger partial charge in [-0.2, -0.15) is 0 Å². The lowest BCUT2D eigenvalue weighted by Crippen LogP contribution is -2.60. The number of oxime groups is 1. The predicted octanol–water partition coefficient (Wildman–Crippen LogP) is 3.52. The first-order valence-corrected chi connectivity index (χ1v) is 17.6. The fourth-order valence-corrected chi connectivity index (χ4v) is 7.52. The Morgan fingerprint density at radius 3 is 2.20 bits per heavy atom. The Morgan fingerprint density at radius 2 is 1.63 bits per heavy atom. The van der Waals surface area contributed by atoms with Gasteiger partial charge < -0.3 is 49.1 Å². The summed E-state index contributed by atoms with van der Waals surface area (Å²) >= 11 is 0. The molecule has 2 aliphatic rings. The number of hydrogen-bond donors (Lipinski definition) is 4. The fourth-order valence-electron chi connectivity index (χ4n) is 7.52. The highest BCUT2D eigenvalue weighted by molar-refractivity contribution is 5.88. The van der Waals surface area contributed by atoms with Gasteiger partial charge in [-0.3, -0.25) is 4.79 Å². The zero-order valence-corrected chi connectivity index (χ0v) is 31.3. The second-order valence-corrected chi connectivity index (χ2v) is 15.0. The molecule has 0 radical (unpaired) electrons. The number of carbonyl (C=O) groups is 1. The van der Waals surface area contributed by atoms with Crippen LogP contribution in [0.25, 0.3) is 0 Å². The van der Waals surface area contributed by atoms with Crippen molar-refractivity contribution in [2.75, 3.05) is 21.2 Å². The van der Waals surface area contributed by atoms with Gasteiger partial charge in [0, 0.05) is 30.9 Å². The van der Waals surface area contributed by atoms with Crippen molar-refractivity contribution in [1.29, 1.82) is 0 Å². The van der Waals surface area contributed by atoms with Gasteiger partial charge in [0.15, 0.2) is 6.29 Å². The number of nitrogens with zero attached hydrogens (tertiary/aromatic N) is 2. The van der Waals surface area contributed by atoms with Gasteiger partial charge in [0.2, 0.25) is 0 Å². The highest BCUT2D eigenvalue weighted by Gasteiger charge is 2.51. The largest absolute Gasteiger partial charge is 0.459 e. The second-order valence-electron chi connectivity index (χ2n) is 15.0. The van der Waals surface area contributed by atoms with E-state index >= 15 is 0 Å². The Bertz CT molecular complexity index is 1210. The zero-order valence-electron chi connectivity index (χ0n) is 31.3. The summed E-state index contributed by atoms with van der Waals surface area (Å²) in [5.74, 6) is -3.65. The molecule has 12 heteroatoms. The number of esters is 1. The topological polar surface area (TPSA) is 160 Å². The first-order chi connectivity index (χ1) is 22.9. The maximum Gasteiger partial charge on any atom is 0.311 e. The molecule has 2 aliphatic heterocycles. The number of carbonyl (C=O) groups excluding carboxylic acids is 1. The van der Waals surface area contributed by atoms with E-state index in [0.29, 0.717) is 12.1 Å². The number of rotatable bonds is 8. The van der Waals surface area contributed by atoms with Crippen molar-refractivity contribution in [3.63, 3.8) is 0 Å². The van der Waals surface area contributed by atoms with E-state index in [-0.39, 0.29) is 31.6 Å². The smallest absolute Gasteiger partial charge is 0.311 e. The van der Waals surface area contributed by atoms with E-state index in [9.17, 15) is 25.2 Å². The minimum absolute atomic E-state index is 0.183. The summed E-state index contributed by atoms with van der Waals surface area (Å²) in [7, 11) is 5.33. The third-order valence-corrected chi connectivity index (χ3v) is 10.8. The van der Waals surface area contributed by atoms with Crippen LogP contribution in [0.5, 0.6) is 0 Å². The van der Waals surface area contributed by atoms with Gasteiger partial charge in [-0.05, 0) is 66.6 Å². The zero-order chi connectivity index (χ0) is 36.8. The van der Waals surface area contributed by atoms with Crippen molar-refractivity contribution < 1.29 is 49.0 Å². The molecule has 0 bridgehead atoms. The second kappa shape index (κ2) is 17.4. The molecule has 4 N–H and O–H groups in total. The average Bonchev–Trinajstić information content (AvgIpc) is 3.06. The quantitative estimate of drug-likeness (QED) is 0.233. The summed E-state index contributed by atoms with van der Waals surface area (Å²) in [6, 6.07) is 9.31. The van der Waals surface area contributed by atoms with Crippen LogP contribution in [0, 0.1) is 23.7 Å². The molecule has 280 valence electrons. The van der Waals surface area contributed by atoms with Crippen molar-refractivity contribution in [2.45, 2.75) is 141 Å². The van der Waals surface area contributed by atoms with Gasteiger partial charge in [0.25, 0.3) is 0 Å². The molecule has 0 unspecified atom stereocenters. The van der Waals surface area contributed by atoms with Crippen LogP contribution in [0.15, 0.2) is 35.5 Å². The molecule has 0 saturated carbocycles. The maximum absolute atomic E-state index is 13.6. The van der Waals surface area contributed by atoms with E-state index in [1.165, 1.54) is 6.92 Å². The highest BCUT2D eigenvalue weighted by Crippen LogP contribution is 2.39. The number of aliphatic hydroxyl groups excluding tert-OH is 3. The van der Waals surface area contributed by atoms with Gasteiger partial charge in [0.05, 0.1) is 41.6 Å². The number of ether oxygens (including phenoxy) is 4. The standard InChI is InChI=1S/C37H62N2O10/c1-12-28-37(8,44)32(42)23(4)29(38-46-20-26-16-14-13-15-17-26)21(2)19-36(7,45-11)33(24(5)30(40)25(6)34(43)48-28)49-35-31(41)27(39(9)10)18-22(3)47-35/h13-17,21-25,27-28,30-33,35,40-42,44H,12,18-20H2,1-11H3/b38-29+/t21-,22-,23+,24+,25-,27+,28-,30+,31-,32-,33-,35+,36-,37-/m1/s1. The average molecular weight is 695 g/mol. The number of methoxy groups -OCH3 is 1. The van der Waals surface area contributed by atoms with Gasteiger partial charge in [-0.15, -0.1) is 0 Å². The molecule has 14 atom stereocenters. The Balaban J connectivity index is 2.13. The van der Waals surface area contributed by atoms with Crippen molar-refractivity contribution in [1.82, 2.24) is 4.90 Å². The van der Waals surface area contributed by atoms with Crippen LogP contribution in [-0.4, -0.2) is 118 Å². The number of hydrogen-bond acceptors (Lipinski definition) is 12. The van der Waals surface area contributed by atoms with Crippen LogP contribution < -0.4 is 0 Å². The maximum atomic E-state index is 13.6. The first-order valence-electron chi connectivity index (χ1n) is 17.6. The molecule has 1 aromatic rings. The van der Waals surface area contributed by atoms with E-state index < -0.39 is 77.7 Å². The fraction of sp³-hybridized carbons (Fsp3) is 0.784. The monoisotopic (exact) mass is 694 g/mol. The highest BCUT2D eigenvalue weighted by atomic mass is 16.7. The van der Waals surface area contributed by atoms with E-state index in [0.717, 1.165) is 5.56 Å². The molecule has 49 heavy (non-hydrogen) atoms. The number of aliphatic hydroxyl groups is 4. The van der Waals surface area contributed by atoms with Gasteiger partial charge in [0.1, 0.15) is 24.4 Å². The molecule has 1 aromatic carbocycles. The molecule has 2 heterocycles. The molecule has 0 spiro atoms. The van der Waals surface area contributed by atoms with Crippen LogP contribution in [0.4, 0.5) is 0 Å². The van der Waals surface area contributed by atoms with Crippen LogP contribution in [0.2, 0.25) is 0 Å². The molecule has 2 saturated heterocycles. The van der Waals surface area contributed by atoms with E-state index in [2.05, 4.69) is 5.16 Å². The number of benzene rings is 1. The third kappa shape index (κ3) is 9.59. The first kappa shape index (κ1) is 41.3. The SMILES string of the molecule is CC[C@H]1OC(=O)[C@H](C)[C@@H](O)[C@H](C)[C@@H](O[C@@H]2O[C@H](C)C[C@H](N(C)C)[C@H]2O)[C@](C)(OC)C[C@@H](C)/C(=N\OCc2ccccc2)[C@H](C)[C@@H](O)[C@]1(C)O. The van der Waals surface area contributed by atoms with Gasteiger partial charge in [-0.25, -0.2) is 0 Å². The van der Waals surface area contributed by atoms with Crippen LogP contribution in [0.3, 0.4) is 0 Å². The summed E-state index contributed by atoms with van der Waals surface area (Å²) in [5.41, 5.74) is -1.65. The number of cyclic esters (lactones) is 1. The molecule has 0 amide bonds. The summed E-state index contributed by atoms with van der Waals surface area (Å²) in [5, 5.41) is 51.1. The summed E-state index contributed by atoms with van der Waals surface area (Å²) < 4.78 is 24.9. The van der Waals surface area contributed by atoms with E-state index in [1.54, 1.807) is 34.8 Å². The van der Waals surface area contributed by atoms with E-state index in [4.69, 9.17) is 23.8 Å². The van der Waals surface area contributed by atoms with Crippen molar-refractivity contribution in [3.8, 4) is 0 Å². The lowest BCUT2D eigenvalue weighted by molar-refractivity contribution is -0.301. The molecular formula is C37H62N2O10. The molecule has 0 aliphatic carbocycles. The molecule has 3 rings (SSSR count). The molecule has 0 aromatic heterocycles. The summed E-state index contributed by atoms with van der Waals surface area (Å²) in [4.78, 5) is 21.4. The summed E-state index contributed by atoms with van der Waals surface area (Å²) in [6.45, 7) is 14.2. The van der Waals surface area contributed by atoms with Crippen molar-refractivity contribution in [2.24, 2.45) is 28.8 Å². The van der Waals surface area contributed by atoms with Crippen LogP contribution >= 0.6 is 0 Å². The molecule has 12 nitrogen and oxygen atoms in total. The van der Waals surface area contributed by atoms with Gasteiger partial charge >= 0.3 is 5.97 Å². The van der Waals surface area contributed by atoms with Gasteiger partial charge in [-0.1, -0.05) is 63.2 Å². The number of likely N-dealkylation sites (N-methyl/N-ethyl adjacent to an activating group) is 1. The van der Waals surface area contributed by atoms with Crippen molar-refractivity contribution >= 4 is 11.7 Å². The Labute approximate surface area is 292 Å². The Morgan fingerprint density at radius 1 is 1.00 bits per heavy atom. The molecular weight excluding hydrogens is 632 g/mol. The third-order valence-electron chi connectivity index (χ3n) is 10.8. The minimum atomic E-state index is -1.87. The lowest BCUT2D eigenvalue weighted by Gasteiger charge is -2.48. The normalized spacial score (nSPS) is 42.4. The molecule has 2 fully saturated rings.